The molecule has 0 saturated carbocycles. The van der Waals surface area contributed by atoms with Crippen molar-refractivity contribution in [2.24, 2.45) is 0 Å². The summed E-state index contributed by atoms with van der Waals surface area (Å²) in [6.07, 6.45) is 5.39. The zero-order chi connectivity index (χ0) is 19.3. The highest BCUT2D eigenvalue weighted by Gasteiger charge is 2.26. The van der Waals surface area contributed by atoms with Gasteiger partial charge in [0.05, 0.1) is 5.69 Å². The molecule has 1 amide bonds. The van der Waals surface area contributed by atoms with E-state index in [1.807, 2.05) is 29.2 Å². The third kappa shape index (κ3) is 4.28. The van der Waals surface area contributed by atoms with E-state index in [2.05, 4.69) is 20.3 Å². The zero-order valence-electron chi connectivity index (χ0n) is 15.3. The van der Waals surface area contributed by atoms with Gasteiger partial charge in [0.2, 0.25) is 5.95 Å². The smallest absolute Gasteiger partial charge is 0.253 e. The summed E-state index contributed by atoms with van der Waals surface area (Å²) in [7, 11) is 0. The van der Waals surface area contributed by atoms with Crippen LogP contribution in [-0.4, -0.2) is 38.8 Å². The van der Waals surface area contributed by atoms with E-state index >= 15 is 0 Å². The number of halogens is 1. The molecule has 142 valence electrons. The van der Waals surface area contributed by atoms with Gasteiger partial charge in [0, 0.05) is 42.0 Å². The second-order valence-electron chi connectivity index (χ2n) is 6.74. The standard InChI is InChI=1S/C21H20ClN5O/c22-17-8-6-15(7-9-17)20(28)27-13-3-4-16(14-27)18-10-12-24-21(25-18)26-19-5-1-2-11-23-19/h1-2,5-12,16H,3-4,13-14H2,(H,23,24,25,26)/t16-/m1/s1. The lowest BCUT2D eigenvalue weighted by Crippen LogP contribution is -2.39. The van der Waals surface area contributed by atoms with Gasteiger partial charge < -0.3 is 10.2 Å². The van der Waals surface area contributed by atoms with Crippen LogP contribution in [-0.2, 0) is 0 Å². The maximum atomic E-state index is 12.8. The van der Waals surface area contributed by atoms with Crippen molar-refractivity contribution in [3.8, 4) is 0 Å². The number of hydrogen-bond donors (Lipinski definition) is 1. The first-order chi connectivity index (χ1) is 13.7. The Bertz CT molecular complexity index is 949. The molecule has 6 nitrogen and oxygen atoms in total. The van der Waals surface area contributed by atoms with Crippen LogP contribution < -0.4 is 5.32 Å². The summed E-state index contributed by atoms with van der Waals surface area (Å²) in [5.41, 5.74) is 1.59. The number of anilines is 2. The molecule has 1 N–H and O–H groups in total. The number of piperidine rings is 1. The molecule has 2 aromatic heterocycles. The van der Waals surface area contributed by atoms with Crippen LogP contribution in [0.3, 0.4) is 0 Å². The highest BCUT2D eigenvalue weighted by molar-refractivity contribution is 6.30. The summed E-state index contributed by atoms with van der Waals surface area (Å²) in [5.74, 6) is 1.42. The Hall–Kier alpha value is -2.99. The molecule has 0 aliphatic carbocycles. The van der Waals surface area contributed by atoms with Gasteiger partial charge in [-0.25, -0.2) is 15.0 Å². The van der Waals surface area contributed by atoms with Crippen LogP contribution in [0.15, 0.2) is 60.9 Å². The molecule has 1 aromatic carbocycles. The van der Waals surface area contributed by atoms with E-state index in [1.54, 1.807) is 36.7 Å². The third-order valence-corrected chi connectivity index (χ3v) is 5.05. The number of likely N-dealkylation sites (tertiary alicyclic amines) is 1. The highest BCUT2D eigenvalue weighted by Crippen LogP contribution is 2.27. The normalized spacial score (nSPS) is 16.6. The second kappa shape index (κ2) is 8.35. The Balaban J connectivity index is 1.48. The SMILES string of the molecule is O=C(c1ccc(Cl)cc1)N1CCC[C@@H](c2ccnc(Nc3ccccn3)n2)C1. The summed E-state index contributed by atoms with van der Waals surface area (Å²) in [4.78, 5) is 27.9. The Morgan fingerprint density at radius 3 is 2.71 bits per heavy atom. The van der Waals surface area contributed by atoms with E-state index in [-0.39, 0.29) is 11.8 Å². The van der Waals surface area contributed by atoms with Crippen molar-refractivity contribution >= 4 is 29.3 Å². The van der Waals surface area contributed by atoms with Gasteiger partial charge in [0.1, 0.15) is 5.82 Å². The minimum absolute atomic E-state index is 0.0299. The van der Waals surface area contributed by atoms with Crippen LogP contribution in [0.5, 0.6) is 0 Å². The number of hydrogen-bond acceptors (Lipinski definition) is 5. The van der Waals surface area contributed by atoms with Crippen molar-refractivity contribution in [3.05, 3.63) is 77.2 Å². The van der Waals surface area contributed by atoms with Crippen LogP contribution >= 0.6 is 11.6 Å². The van der Waals surface area contributed by atoms with Gasteiger partial charge in [0.25, 0.3) is 5.91 Å². The average Bonchev–Trinajstić information content (AvgIpc) is 2.75. The number of nitrogens with zero attached hydrogens (tertiary/aromatic N) is 4. The first-order valence-corrected chi connectivity index (χ1v) is 9.63. The summed E-state index contributed by atoms with van der Waals surface area (Å²) in [6, 6.07) is 14.6. The summed E-state index contributed by atoms with van der Waals surface area (Å²) in [6.45, 7) is 1.39. The molecule has 3 aromatic rings. The number of pyridine rings is 1. The number of carbonyl (C=O) groups is 1. The molecule has 0 bridgehead atoms. The van der Waals surface area contributed by atoms with Gasteiger partial charge in [-0.3, -0.25) is 4.79 Å². The minimum atomic E-state index is 0.0299. The van der Waals surface area contributed by atoms with Crippen LogP contribution in [0.1, 0.15) is 34.8 Å². The van der Waals surface area contributed by atoms with Crippen LogP contribution in [0.4, 0.5) is 11.8 Å². The van der Waals surface area contributed by atoms with Gasteiger partial charge in [0.15, 0.2) is 0 Å². The fourth-order valence-corrected chi connectivity index (χ4v) is 3.52. The third-order valence-electron chi connectivity index (χ3n) is 4.80. The average molecular weight is 394 g/mol. The van der Waals surface area contributed by atoms with Crippen molar-refractivity contribution < 1.29 is 4.79 Å². The molecule has 0 unspecified atom stereocenters. The Morgan fingerprint density at radius 1 is 1.07 bits per heavy atom. The van der Waals surface area contributed by atoms with Crippen molar-refractivity contribution in [2.45, 2.75) is 18.8 Å². The van der Waals surface area contributed by atoms with Crippen molar-refractivity contribution in [3.63, 3.8) is 0 Å². The molecule has 1 fully saturated rings. The van der Waals surface area contributed by atoms with E-state index in [0.717, 1.165) is 25.1 Å². The fraction of sp³-hybridized carbons (Fsp3) is 0.238. The molecule has 7 heteroatoms. The first kappa shape index (κ1) is 18.4. The molecule has 4 rings (SSSR count). The number of carbonyl (C=O) groups excluding carboxylic acids is 1. The lowest BCUT2D eigenvalue weighted by atomic mass is 9.94. The Morgan fingerprint density at radius 2 is 1.93 bits per heavy atom. The van der Waals surface area contributed by atoms with Gasteiger partial charge in [-0.1, -0.05) is 17.7 Å². The molecule has 1 aliphatic rings. The molecular weight excluding hydrogens is 374 g/mol. The lowest BCUT2D eigenvalue weighted by Gasteiger charge is -2.32. The van der Waals surface area contributed by atoms with Gasteiger partial charge in [-0.05, 0) is 55.3 Å². The van der Waals surface area contributed by atoms with E-state index in [1.165, 1.54) is 0 Å². The largest absolute Gasteiger partial charge is 0.338 e. The van der Waals surface area contributed by atoms with Crippen LogP contribution in [0.25, 0.3) is 0 Å². The molecule has 1 atom stereocenters. The molecule has 0 radical (unpaired) electrons. The first-order valence-electron chi connectivity index (χ1n) is 9.25. The predicted molar refractivity (Wildman–Crippen MR) is 109 cm³/mol. The van der Waals surface area contributed by atoms with E-state index in [0.29, 0.717) is 28.9 Å². The lowest BCUT2D eigenvalue weighted by molar-refractivity contribution is 0.0706. The topological polar surface area (TPSA) is 71.0 Å². The molecule has 28 heavy (non-hydrogen) atoms. The van der Waals surface area contributed by atoms with Crippen molar-refractivity contribution in [1.82, 2.24) is 19.9 Å². The summed E-state index contributed by atoms with van der Waals surface area (Å²) >= 11 is 5.93. The Kier molecular flexibility index (Phi) is 5.48. The number of amides is 1. The van der Waals surface area contributed by atoms with Crippen LogP contribution in [0, 0.1) is 0 Å². The van der Waals surface area contributed by atoms with E-state index in [9.17, 15) is 4.79 Å². The monoisotopic (exact) mass is 393 g/mol. The summed E-state index contributed by atoms with van der Waals surface area (Å²) < 4.78 is 0. The number of benzene rings is 1. The summed E-state index contributed by atoms with van der Waals surface area (Å²) in [5, 5.41) is 3.75. The number of rotatable bonds is 4. The maximum absolute atomic E-state index is 12.8. The van der Waals surface area contributed by atoms with E-state index in [4.69, 9.17) is 11.6 Å². The fourth-order valence-electron chi connectivity index (χ4n) is 3.39. The minimum Gasteiger partial charge on any atom is -0.338 e. The van der Waals surface area contributed by atoms with Gasteiger partial charge in [-0.15, -0.1) is 0 Å². The van der Waals surface area contributed by atoms with Crippen molar-refractivity contribution in [2.75, 3.05) is 18.4 Å². The van der Waals surface area contributed by atoms with Crippen LogP contribution in [0.2, 0.25) is 5.02 Å². The molecule has 1 aliphatic heterocycles. The number of aromatic nitrogens is 3. The molecule has 3 heterocycles. The van der Waals surface area contributed by atoms with Gasteiger partial charge in [-0.2, -0.15) is 0 Å². The molecule has 0 spiro atoms. The quantitative estimate of drug-likeness (QED) is 0.716. The van der Waals surface area contributed by atoms with E-state index < -0.39 is 0 Å². The Labute approximate surface area is 168 Å². The predicted octanol–water partition coefficient (Wildman–Crippen LogP) is 4.29. The second-order valence-corrected chi connectivity index (χ2v) is 7.18. The van der Waals surface area contributed by atoms with Gasteiger partial charge >= 0.3 is 0 Å². The molecule has 1 saturated heterocycles. The zero-order valence-corrected chi connectivity index (χ0v) is 16.0. The maximum Gasteiger partial charge on any atom is 0.253 e. The molecular formula is C21H20ClN5O. The van der Waals surface area contributed by atoms with Crippen molar-refractivity contribution in [1.29, 1.82) is 0 Å². The highest BCUT2D eigenvalue weighted by atomic mass is 35.5. The number of nitrogens with one attached hydrogen (secondary N) is 1.